The van der Waals surface area contributed by atoms with Crippen molar-refractivity contribution in [3.63, 3.8) is 0 Å². The maximum Gasteiger partial charge on any atom is 0.360 e. The van der Waals surface area contributed by atoms with E-state index in [1.54, 1.807) is 13.8 Å². The molecule has 1 unspecified atom stereocenters. The Kier molecular flexibility index (Phi) is 5.75. The largest absolute Gasteiger partial charge is 0.461 e. The Morgan fingerprint density at radius 2 is 2.16 bits per heavy atom. The summed E-state index contributed by atoms with van der Waals surface area (Å²) < 4.78 is 6.20. The SMILES string of the molecule is CCNC(=O)C(C)n1nnc(C(=O)OCC)c1CCl. The summed E-state index contributed by atoms with van der Waals surface area (Å²) >= 11 is 5.81. The minimum Gasteiger partial charge on any atom is -0.461 e. The van der Waals surface area contributed by atoms with Gasteiger partial charge in [-0.15, -0.1) is 16.7 Å². The van der Waals surface area contributed by atoms with E-state index in [-0.39, 0.29) is 24.1 Å². The summed E-state index contributed by atoms with van der Waals surface area (Å²) in [4.78, 5) is 23.4. The molecule has 0 aliphatic heterocycles. The van der Waals surface area contributed by atoms with Crippen molar-refractivity contribution in [1.82, 2.24) is 20.3 Å². The molecule has 106 valence electrons. The molecule has 0 aromatic carbocycles. The van der Waals surface area contributed by atoms with E-state index in [0.29, 0.717) is 12.2 Å². The Bertz CT molecular complexity index is 461. The lowest BCUT2D eigenvalue weighted by Gasteiger charge is -2.13. The van der Waals surface area contributed by atoms with Gasteiger partial charge in [-0.05, 0) is 20.8 Å². The molecule has 0 aliphatic rings. The van der Waals surface area contributed by atoms with E-state index in [4.69, 9.17) is 16.3 Å². The predicted molar refractivity (Wildman–Crippen MR) is 68.9 cm³/mol. The Hall–Kier alpha value is -1.63. The van der Waals surface area contributed by atoms with Gasteiger partial charge in [-0.2, -0.15) is 0 Å². The lowest BCUT2D eigenvalue weighted by molar-refractivity contribution is -0.124. The van der Waals surface area contributed by atoms with Gasteiger partial charge in [-0.25, -0.2) is 9.48 Å². The third-order valence-electron chi connectivity index (χ3n) is 2.48. The number of nitrogens with one attached hydrogen (secondary N) is 1. The molecule has 0 aliphatic carbocycles. The zero-order chi connectivity index (χ0) is 14.4. The van der Waals surface area contributed by atoms with Gasteiger partial charge in [0, 0.05) is 6.54 Å². The monoisotopic (exact) mass is 288 g/mol. The Morgan fingerprint density at radius 3 is 2.68 bits per heavy atom. The van der Waals surface area contributed by atoms with Crippen LogP contribution in [-0.4, -0.2) is 40.0 Å². The molecule has 1 aromatic rings. The van der Waals surface area contributed by atoms with E-state index in [2.05, 4.69) is 15.6 Å². The molecule has 0 bridgehead atoms. The Morgan fingerprint density at radius 1 is 1.47 bits per heavy atom. The lowest BCUT2D eigenvalue weighted by atomic mass is 10.2. The van der Waals surface area contributed by atoms with Crippen LogP contribution in [0.1, 0.15) is 43.0 Å². The van der Waals surface area contributed by atoms with E-state index in [9.17, 15) is 9.59 Å². The molecular weight excluding hydrogens is 272 g/mol. The van der Waals surface area contributed by atoms with Crippen molar-refractivity contribution in [1.29, 1.82) is 0 Å². The van der Waals surface area contributed by atoms with Crippen molar-refractivity contribution in [2.24, 2.45) is 0 Å². The topological polar surface area (TPSA) is 86.1 Å². The first-order valence-electron chi connectivity index (χ1n) is 6.01. The molecule has 0 fully saturated rings. The standard InChI is InChI=1S/C11H17ClN4O3/c1-4-13-10(17)7(3)16-8(6-12)9(14-15-16)11(18)19-5-2/h7H,4-6H2,1-3H3,(H,13,17). The summed E-state index contributed by atoms with van der Waals surface area (Å²) in [6.45, 7) is 5.92. The molecule has 1 amide bonds. The average molecular weight is 289 g/mol. The summed E-state index contributed by atoms with van der Waals surface area (Å²) in [7, 11) is 0. The lowest BCUT2D eigenvalue weighted by Crippen LogP contribution is -2.32. The summed E-state index contributed by atoms with van der Waals surface area (Å²) in [5.74, 6) is -0.785. The van der Waals surface area contributed by atoms with Crippen molar-refractivity contribution < 1.29 is 14.3 Å². The normalized spacial score (nSPS) is 12.0. The number of carbonyl (C=O) groups is 2. The summed E-state index contributed by atoms with van der Waals surface area (Å²) in [5.41, 5.74) is 0.423. The number of esters is 1. The minimum absolute atomic E-state index is 0.0187. The van der Waals surface area contributed by atoms with Gasteiger partial charge in [0.05, 0.1) is 18.2 Å². The predicted octanol–water partition coefficient (Wildman–Crippen LogP) is 0.891. The second-order valence-electron chi connectivity index (χ2n) is 3.75. The van der Waals surface area contributed by atoms with Crippen LogP contribution >= 0.6 is 11.6 Å². The first kappa shape index (κ1) is 15.4. The first-order valence-corrected chi connectivity index (χ1v) is 6.55. The fourth-order valence-corrected chi connectivity index (χ4v) is 1.79. The fraction of sp³-hybridized carbons (Fsp3) is 0.636. The number of likely N-dealkylation sites (N-methyl/N-ethyl adjacent to an activating group) is 1. The number of nitrogens with zero attached hydrogens (tertiary/aromatic N) is 3. The van der Waals surface area contributed by atoms with Crippen molar-refractivity contribution in [2.45, 2.75) is 32.7 Å². The number of halogens is 1. The van der Waals surface area contributed by atoms with Crippen LogP contribution in [0.2, 0.25) is 0 Å². The molecule has 19 heavy (non-hydrogen) atoms. The van der Waals surface area contributed by atoms with E-state index in [0.717, 1.165) is 0 Å². The van der Waals surface area contributed by atoms with Crippen LogP contribution < -0.4 is 5.32 Å². The Labute approximate surface area is 116 Å². The summed E-state index contributed by atoms with van der Waals surface area (Å²) in [6.07, 6.45) is 0. The summed E-state index contributed by atoms with van der Waals surface area (Å²) in [5, 5.41) is 10.2. The van der Waals surface area contributed by atoms with Gasteiger partial charge < -0.3 is 10.1 Å². The maximum atomic E-state index is 11.8. The van der Waals surface area contributed by atoms with Gasteiger partial charge in [-0.1, -0.05) is 5.21 Å². The van der Waals surface area contributed by atoms with Crippen LogP contribution in [0.15, 0.2) is 0 Å². The van der Waals surface area contributed by atoms with Crippen molar-refractivity contribution in [2.75, 3.05) is 13.2 Å². The molecule has 1 N–H and O–H groups in total. The van der Waals surface area contributed by atoms with Gasteiger partial charge in [-0.3, -0.25) is 4.79 Å². The molecule has 1 rings (SSSR count). The van der Waals surface area contributed by atoms with E-state index in [1.807, 2.05) is 6.92 Å². The molecule has 7 nitrogen and oxygen atoms in total. The molecule has 0 saturated carbocycles. The first-order chi connectivity index (χ1) is 9.06. The molecule has 0 saturated heterocycles. The van der Waals surface area contributed by atoms with Crippen molar-refractivity contribution in [3.05, 3.63) is 11.4 Å². The second-order valence-corrected chi connectivity index (χ2v) is 4.02. The van der Waals surface area contributed by atoms with Crippen LogP contribution in [0.5, 0.6) is 0 Å². The van der Waals surface area contributed by atoms with Gasteiger partial charge >= 0.3 is 5.97 Å². The minimum atomic E-state index is -0.593. The van der Waals surface area contributed by atoms with Crippen molar-refractivity contribution in [3.8, 4) is 0 Å². The van der Waals surface area contributed by atoms with Gasteiger partial charge in [0.15, 0.2) is 5.69 Å². The molecule has 0 spiro atoms. The Balaban J connectivity index is 3.03. The van der Waals surface area contributed by atoms with E-state index >= 15 is 0 Å². The second kappa shape index (κ2) is 7.08. The zero-order valence-corrected chi connectivity index (χ0v) is 11.9. The average Bonchev–Trinajstić information content (AvgIpc) is 2.82. The maximum absolute atomic E-state index is 11.8. The number of alkyl halides is 1. The highest BCUT2D eigenvalue weighted by Crippen LogP contribution is 2.15. The third-order valence-corrected chi connectivity index (χ3v) is 2.74. The quantitative estimate of drug-likeness (QED) is 0.620. The smallest absolute Gasteiger partial charge is 0.360 e. The molecule has 1 heterocycles. The zero-order valence-electron chi connectivity index (χ0n) is 11.1. The van der Waals surface area contributed by atoms with E-state index < -0.39 is 12.0 Å². The van der Waals surface area contributed by atoms with Crippen LogP contribution in [-0.2, 0) is 15.4 Å². The molecule has 1 atom stereocenters. The van der Waals surface area contributed by atoms with E-state index in [1.165, 1.54) is 4.68 Å². The highest BCUT2D eigenvalue weighted by atomic mass is 35.5. The van der Waals surface area contributed by atoms with Gasteiger partial charge in [0.25, 0.3) is 0 Å². The molecule has 0 radical (unpaired) electrons. The number of carbonyl (C=O) groups excluding carboxylic acids is 2. The molecular formula is C11H17ClN4O3. The number of hydrogen-bond acceptors (Lipinski definition) is 5. The third kappa shape index (κ3) is 3.44. The van der Waals surface area contributed by atoms with Crippen LogP contribution in [0.4, 0.5) is 0 Å². The van der Waals surface area contributed by atoms with Crippen LogP contribution in [0.3, 0.4) is 0 Å². The molecule has 8 heteroatoms. The fourth-order valence-electron chi connectivity index (χ4n) is 1.54. The number of amides is 1. The van der Waals surface area contributed by atoms with Crippen LogP contribution in [0, 0.1) is 0 Å². The highest BCUT2D eigenvalue weighted by molar-refractivity contribution is 6.17. The highest BCUT2D eigenvalue weighted by Gasteiger charge is 2.25. The van der Waals surface area contributed by atoms with Crippen LogP contribution in [0.25, 0.3) is 0 Å². The van der Waals surface area contributed by atoms with Gasteiger partial charge in [0.2, 0.25) is 5.91 Å². The summed E-state index contributed by atoms with van der Waals surface area (Å²) in [6, 6.07) is -0.593. The van der Waals surface area contributed by atoms with Gasteiger partial charge in [0.1, 0.15) is 6.04 Å². The molecule has 1 aromatic heterocycles. The number of ether oxygens (including phenoxy) is 1. The van der Waals surface area contributed by atoms with Crippen molar-refractivity contribution >= 4 is 23.5 Å². The number of hydrogen-bond donors (Lipinski definition) is 1. The number of rotatable bonds is 6. The number of aromatic nitrogens is 3.